The van der Waals surface area contributed by atoms with Gasteiger partial charge in [0.2, 0.25) is 0 Å². The number of carbonyl (C=O) groups is 1. The summed E-state index contributed by atoms with van der Waals surface area (Å²) in [6.07, 6.45) is 6.57. The van der Waals surface area contributed by atoms with Crippen molar-refractivity contribution in [3.05, 3.63) is 29.8 Å². The number of likely N-dealkylation sites (tertiary alicyclic amines) is 1. The molecule has 1 atom stereocenters. The number of ether oxygens (including phenoxy) is 2. The summed E-state index contributed by atoms with van der Waals surface area (Å²) >= 11 is 0. The first-order chi connectivity index (χ1) is 15.7. The van der Waals surface area contributed by atoms with E-state index in [4.69, 9.17) is 20.3 Å². The predicted molar refractivity (Wildman–Crippen MR) is 126 cm³/mol. The van der Waals surface area contributed by atoms with Crippen LogP contribution < -0.4 is 10.5 Å². The maximum Gasteiger partial charge on any atom is 0.410 e. The number of nitrogens with two attached hydrogens (primary N) is 1. The second-order valence-corrected chi connectivity index (χ2v) is 9.94. The van der Waals surface area contributed by atoms with Crippen molar-refractivity contribution >= 4 is 11.9 Å². The molecule has 1 unspecified atom stereocenters. The van der Waals surface area contributed by atoms with E-state index < -0.39 is 5.60 Å². The molecule has 2 fully saturated rings. The van der Waals surface area contributed by atoms with Crippen LogP contribution >= 0.6 is 0 Å². The van der Waals surface area contributed by atoms with Crippen LogP contribution in [0.15, 0.2) is 24.3 Å². The van der Waals surface area contributed by atoms with Crippen molar-refractivity contribution in [1.82, 2.24) is 14.7 Å². The number of nitrogens with zero attached hydrogens (tertiary/aromatic N) is 4. The van der Waals surface area contributed by atoms with Crippen molar-refractivity contribution in [3.63, 3.8) is 0 Å². The third-order valence-corrected chi connectivity index (χ3v) is 6.20. The zero-order valence-corrected chi connectivity index (χ0v) is 19.7. The molecule has 1 saturated heterocycles. The lowest BCUT2D eigenvalue weighted by Crippen LogP contribution is -2.35. The van der Waals surface area contributed by atoms with Crippen LogP contribution in [0.3, 0.4) is 0 Å². The molecule has 1 amide bonds. The van der Waals surface area contributed by atoms with Gasteiger partial charge in [0, 0.05) is 18.7 Å². The second kappa shape index (κ2) is 9.34. The van der Waals surface area contributed by atoms with Gasteiger partial charge < -0.3 is 20.1 Å². The summed E-state index contributed by atoms with van der Waals surface area (Å²) in [6, 6.07) is 9.81. The molecule has 1 aromatic carbocycles. The summed E-state index contributed by atoms with van der Waals surface area (Å²) in [5.74, 6) is 1.16. The molecule has 2 aromatic rings. The van der Waals surface area contributed by atoms with E-state index in [-0.39, 0.29) is 18.2 Å². The van der Waals surface area contributed by atoms with E-state index >= 15 is 0 Å². The largest absolute Gasteiger partial charge is 0.490 e. The van der Waals surface area contributed by atoms with Crippen LogP contribution in [-0.2, 0) is 4.74 Å². The number of rotatable bonds is 4. The van der Waals surface area contributed by atoms with E-state index in [2.05, 4.69) is 6.07 Å². The first-order valence-corrected chi connectivity index (χ1v) is 11.8. The zero-order valence-electron chi connectivity index (χ0n) is 19.7. The third-order valence-electron chi connectivity index (χ3n) is 6.20. The molecule has 33 heavy (non-hydrogen) atoms. The molecule has 1 aromatic heterocycles. The average molecular weight is 452 g/mol. The standard InChI is InChI=1S/C25H33N5O3/c1-25(2,3)33-24(31)29-14-13-18(16-29)30-23(27)21(15-26)22(28-30)17-9-11-20(12-10-17)32-19-7-5-4-6-8-19/h9-12,18-19H,4-8,13-14,16,27H2,1-3H3. The normalized spacial score (nSPS) is 19.3. The van der Waals surface area contributed by atoms with Crippen LogP contribution in [-0.4, -0.2) is 45.6 Å². The number of carbonyl (C=O) groups excluding carboxylic acids is 1. The van der Waals surface area contributed by atoms with Crippen molar-refractivity contribution < 1.29 is 14.3 Å². The molecule has 8 nitrogen and oxygen atoms in total. The first kappa shape index (κ1) is 23.0. The minimum atomic E-state index is -0.548. The Balaban J connectivity index is 1.49. The quantitative estimate of drug-likeness (QED) is 0.709. The van der Waals surface area contributed by atoms with Crippen molar-refractivity contribution in [3.8, 4) is 23.1 Å². The maximum atomic E-state index is 12.4. The molecule has 2 N–H and O–H groups in total. The summed E-state index contributed by atoms with van der Waals surface area (Å²) < 4.78 is 13.3. The summed E-state index contributed by atoms with van der Waals surface area (Å²) in [6.45, 7) is 6.55. The summed E-state index contributed by atoms with van der Waals surface area (Å²) in [4.78, 5) is 14.1. The van der Waals surface area contributed by atoms with Gasteiger partial charge in [-0.05, 0) is 77.1 Å². The lowest BCUT2D eigenvalue weighted by molar-refractivity contribution is 0.0288. The highest BCUT2D eigenvalue weighted by molar-refractivity contribution is 5.73. The first-order valence-electron chi connectivity index (χ1n) is 11.8. The van der Waals surface area contributed by atoms with E-state index in [1.165, 1.54) is 19.3 Å². The number of aromatic nitrogens is 2. The molecule has 0 spiro atoms. The van der Waals surface area contributed by atoms with E-state index in [1.54, 1.807) is 9.58 Å². The van der Waals surface area contributed by atoms with E-state index in [0.717, 1.165) is 24.2 Å². The Morgan fingerprint density at radius 1 is 1.15 bits per heavy atom. The lowest BCUT2D eigenvalue weighted by atomic mass is 9.98. The monoisotopic (exact) mass is 451 g/mol. The fraction of sp³-hybridized carbons (Fsp3) is 0.560. The average Bonchev–Trinajstić information content (AvgIpc) is 3.38. The Labute approximate surface area is 195 Å². The van der Waals surface area contributed by atoms with Gasteiger partial charge in [-0.25, -0.2) is 9.48 Å². The molecule has 2 aliphatic rings. The Kier molecular flexibility index (Phi) is 6.50. The van der Waals surface area contributed by atoms with Gasteiger partial charge in [-0.3, -0.25) is 0 Å². The fourth-order valence-corrected chi connectivity index (χ4v) is 4.54. The number of benzene rings is 1. The van der Waals surface area contributed by atoms with Gasteiger partial charge in [-0.2, -0.15) is 10.4 Å². The molecule has 1 aliphatic carbocycles. The van der Waals surface area contributed by atoms with Crippen molar-refractivity contribution in [2.45, 2.75) is 77.0 Å². The lowest BCUT2D eigenvalue weighted by Gasteiger charge is -2.24. The van der Waals surface area contributed by atoms with E-state index in [9.17, 15) is 10.1 Å². The molecule has 0 bridgehead atoms. The molecule has 8 heteroatoms. The topological polar surface area (TPSA) is 106 Å². The van der Waals surface area contributed by atoms with Gasteiger partial charge in [0.15, 0.2) is 0 Å². The molecule has 4 rings (SSSR count). The van der Waals surface area contributed by atoms with Gasteiger partial charge in [0.25, 0.3) is 0 Å². The van der Waals surface area contributed by atoms with Crippen molar-refractivity contribution in [2.75, 3.05) is 18.8 Å². The number of hydrogen-bond acceptors (Lipinski definition) is 6. The zero-order chi connectivity index (χ0) is 23.6. The number of anilines is 1. The summed E-state index contributed by atoms with van der Waals surface area (Å²) in [5, 5.41) is 14.5. The SMILES string of the molecule is CC(C)(C)OC(=O)N1CCC(n2nc(-c3ccc(OC4CCCCC4)cc3)c(C#N)c2N)C1. The smallest absolute Gasteiger partial charge is 0.410 e. The van der Waals surface area contributed by atoms with Crippen LogP contribution in [0.25, 0.3) is 11.3 Å². The van der Waals surface area contributed by atoms with Gasteiger partial charge in [-0.15, -0.1) is 0 Å². The van der Waals surface area contributed by atoms with Gasteiger partial charge in [0.1, 0.15) is 34.5 Å². The minimum absolute atomic E-state index is 0.104. The second-order valence-electron chi connectivity index (χ2n) is 9.94. The fourth-order valence-electron chi connectivity index (χ4n) is 4.54. The van der Waals surface area contributed by atoms with Crippen LogP contribution in [0, 0.1) is 11.3 Å². The van der Waals surface area contributed by atoms with Crippen LogP contribution in [0.4, 0.5) is 10.6 Å². The Morgan fingerprint density at radius 3 is 2.48 bits per heavy atom. The Hall–Kier alpha value is -3.21. The highest BCUT2D eigenvalue weighted by Crippen LogP contribution is 2.33. The van der Waals surface area contributed by atoms with Crippen LogP contribution in [0.2, 0.25) is 0 Å². The number of hydrogen-bond donors (Lipinski definition) is 1. The Morgan fingerprint density at radius 2 is 1.85 bits per heavy atom. The molecule has 176 valence electrons. The van der Waals surface area contributed by atoms with Gasteiger partial charge in [-0.1, -0.05) is 6.42 Å². The number of nitrogen functional groups attached to an aromatic ring is 1. The van der Waals surface area contributed by atoms with Crippen LogP contribution in [0.5, 0.6) is 5.75 Å². The predicted octanol–water partition coefficient (Wildman–Crippen LogP) is 4.90. The van der Waals surface area contributed by atoms with Crippen LogP contribution in [0.1, 0.15) is 70.9 Å². The van der Waals surface area contributed by atoms with Gasteiger partial charge >= 0.3 is 6.09 Å². The minimum Gasteiger partial charge on any atom is -0.490 e. The maximum absolute atomic E-state index is 12.4. The third kappa shape index (κ3) is 5.24. The summed E-state index contributed by atoms with van der Waals surface area (Å²) in [5.41, 5.74) is 7.50. The number of nitriles is 1. The molecular weight excluding hydrogens is 418 g/mol. The van der Waals surface area contributed by atoms with Crippen molar-refractivity contribution in [1.29, 1.82) is 5.26 Å². The van der Waals surface area contributed by atoms with E-state index in [1.807, 2.05) is 45.0 Å². The Bertz CT molecular complexity index is 1030. The molecule has 1 saturated carbocycles. The summed E-state index contributed by atoms with van der Waals surface area (Å²) in [7, 11) is 0. The molecular formula is C25H33N5O3. The highest BCUT2D eigenvalue weighted by Gasteiger charge is 2.33. The van der Waals surface area contributed by atoms with Crippen molar-refractivity contribution in [2.24, 2.45) is 0 Å². The van der Waals surface area contributed by atoms with E-state index in [0.29, 0.717) is 36.6 Å². The molecule has 2 heterocycles. The molecule has 1 aliphatic heterocycles. The highest BCUT2D eigenvalue weighted by atomic mass is 16.6. The van der Waals surface area contributed by atoms with Gasteiger partial charge in [0.05, 0.1) is 12.1 Å². The number of amides is 1. The molecule has 0 radical (unpaired) electrons.